The van der Waals surface area contributed by atoms with Crippen LogP contribution in [0.25, 0.3) is 0 Å². The zero-order valence-corrected chi connectivity index (χ0v) is 10.5. The van der Waals surface area contributed by atoms with Crippen LogP contribution < -0.4 is 4.90 Å². The minimum atomic E-state index is -0.925. The summed E-state index contributed by atoms with van der Waals surface area (Å²) in [5.41, 5.74) is -0.190. The molecule has 0 atom stereocenters. The third-order valence-electron chi connectivity index (χ3n) is 3.31. The van der Waals surface area contributed by atoms with Gasteiger partial charge in [0.05, 0.1) is 23.9 Å². The Hall–Kier alpha value is -1.46. The van der Waals surface area contributed by atoms with E-state index in [2.05, 4.69) is 4.98 Å². The summed E-state index contributed by atoms with van der Waals surface area (Å²) in [6.45, 7) is 1.03. The predicted molar refractivity (Wildman–Crippen MR) is 67.3 cm³/mol. The molecule has 2 heterocycles. The van der Waals surface area contributed by atoms with Crippen molar-refractivity contribution < 1.29 is 14.6 Å². The molecular formula is C13H18N2O3. The Labute approximate surface area is 106 Å². The first-order chi connectivity index (χ1) is 8.61. The number of aromatic nitrogens is 1. The molecule has 0 spiro atoms. The standard InChI is InChI=1S/C13H18N2O3/c1-15(11-3-2-6-14-10-11)12(16)9-13(17)4-7-18-8-5-13/h2-3,6,10,17H,4-5,7-9H2,1H3. The first kappa shape index (κ1) is 13.0. The number of pyridine rings is 1. The van der Waals surface area contributed by atoms with E-state index >= 15 is 0 Å². The second-order valence-corrected chi connectivity index (χ2v) is 4.68. The molecule has 1 saturated heterocycles. The van der Waals surface area contributed by atoms with Gasteiger partial charge in [-0.1, -0.05) is 0 Å². The molecule has 0 aliphatic carbocycles. The maximum Gasteiger partial charge on any atom is 0.229 e. The molecule has 1 aliphatic heterocycles. The van der Waals surface area contributed by atoms with E-state index in [0.29, 0.717) is 26.1 Å². The summed E-state index contributed by atoms with van der Waals surface area (Å²) in [5, 5.41) is 10.3. The van der Waals surface area contributed by atoms with Crippen LogP contribution in [0.5, 0.6) is 0 Å². The second kappa shape index (κ2) is 5.46. The SMILES string of the molecule is CN(C(=O)CC1(O)CCOCC1)c1cccnc1. The van der Waals surface area contributed by atoms with Crippen molar-refractivity contribution in [2.45, 2.75) is 24.9 Å². The van der Waals surface area contributed by atoms with Gasteiger partial charge in [-0.05, 0) is 12.1 Å². The summed E-state index contributed by atoms with van der Waals surface area (Å²) < 4.78 is 5.20. The zero-order chi connectivity index (χ0) is 13.0. The highest BCUT2D eigenvalue weighted by Gasteiger charge is 2.33. The smallest absolute Gasteiger partial charge is 0.229 e. The minimum absolute atomic E-state index is 0.104. The van der Waals surface area contributed by atoms with E-state index in [0.717, 1.165) is 5.69 Å². The molecule has 2 rings (SSSR count). The molecule has 98 valence electrons. The lowest BCUT2D eigenvalue weighted by molar-refractivity contribution is -0.128. The van der Waals surface area contributed by atoms with Crippen molar-refractivity contribution in [2.24, 2.45) is 0 Å². The van der Waals surface area contributed by atoms with Crippen molar-refractivity contribution in [3.8, 4) is 0 Å². The molecule has 0 aromatic carbocycles. The quantitative estimate of drug-likeness (QED) is 0.868. The number of carbonyl (C=O) groups is 1. The summed E-state index contributed by atoms with van der Waals surface area (Å²) in [7, 11) is 1.70. The number of carbonyl (C=O) groups excluding carboxylic acids is 1. The third-order valence-corrected chi connectivity index (χ3v) is 3.31. The number of nitrogens with zero attached hydrogens (tertiary/aromatic N) is 2. The Balaban J connectivity index is 1.99. The molecule has 1 aromatic rings. The van der Waals surface area contributed by atoms with E-state index in [1.807, 2.05) is 6.07 Å². The molecule has 18 heavy (non-hydrogen) atoms. The lowest BCUT2D eigenvalue weighted by Gasteiger charge is -2.32. The molecule has 5 heteroatoms. The molecular weight excluding hydrogens is 232 g/mol. The van der Waals surface area contributed by atoms with Crippen molar-refractivity contribution in [3.05, 3.63) is 24.5 Å². The van der Waals surface area contributed by atoms with E-state index in [1.165, 1.54) is 4.90 Å². The zero-order valence-electron chi connectivity index (χ0n) is 10.5. The van der Waals surface area contributed by atoms with Crippen LogP contribution in [0.15, 0.2) is 24.5 Å². The second-order valence-electron chi connectivity index (χ2n) is 4.68. The molecule has 1 amide bonds. The highest BCUT2D eigenvalue weighted by atomic mass is 16.5. The van der Waals surface area contributed by atoms with Gasteiger partial charge in [-0.25, -0.2) is 0 Å². The van der Waals surface area contributed by atoms with Gasteiger partial charge in [-0.2, -0.15) is 0 Å². The summed E-state index contributed by atoms with van der Waals surface area (Å²) in [6.07, 6.45) is 4.45. The molecule has 0 bridgehead atoms. The third kappa shape index (κ3) is 3.05. The summed E-state index contributed by atoms with van der Waals surface area (Å²) in [4.78, 5) is 17.6. The monoisotopic (exact) mass is 250 g/mol. The van der Waals surface area contributed by atoms with E-state index < -0.39 is 5.60 Å². The molecule has 5 nitrogen and oxygen atoms in total. The van der Waals surface area contributed by atoms with Gasteiger partial charge in [0, 0.05) is 39.3 Å². The van der Waals surface area contributed by atoms with E-state index in [-0.39, 0.29) is 12.3 Å². The Morgan fingerprint density at radius 3 is 2.89 bits per heavy atom. The van der Waals surface area contributed by atoms with Gasteiger partial charge in [-0.15, -0.1) is 0 Å². The topological polar surface area (TPSA) is 62.7 Å². The van der Waals surface area contributed by atoms with Gasteiger partial charge in [-0.3, -0.25) is 9.78 Å². The van der Waals surface area contributed by atoms with E-state index in [9.17, 15) is 9.90 Å². The van der Waals surface area contributed by atoms with Crippen molar-refractivity contribution in [1.82, 2.24) is 4.98 Å². The van der Waals surface area contributed by atoms with E-state index in [1.54, 1.807) is 25.5 Å². The highest BCUT2D eigenvalue weighted by molar-refractivity contribution is 5.93. The van der Waals surface area contributed by atoms with Crippen LogP contribution in [-0.2, 0) is 9.53 Å². The fraction of sp³-hybridized carbons (Fsp3) is 0.538. The maximum absolute atomic E-state index is 12.1. The van der Waals surface area contributed by atoms with E-state index in [4.69, 9.17) is 4.74 Å². The molecule has 1 N–H and O–H groups in total. The van der Waals surface area contributed by atoms with Gasteiger partial charge >= 0.3 is 0 Å². The lowest BCUT2D eigenvalue weighted by atomic mass is 9.90. The van der Waals surface area contributed by atoms with Crippen LogP contribution in [0.1, 0.15) is 19.3 Å². The number of hydrogen-bond acceptors (Lipinski definition) is 4. The largest absolute Gasteiger partial charge is 0.389 e. The maximum atomic E-state index is 12.1. The summed E-state index contributed by atoms with van der Waals surface area (Å²) >= 11 is 0. The van der Waals surface area contributed by atoms with Crippen molar-refractivity contribution in [2.75, 3.05) is 25.2 Å². The summed E-state index contributed by atoms with van der Waals surface area (Å²) in [6, 6.07) is 3.60. The van der Waals surface area contributed by atoms with Crippen LogP contribution in [-0.4, -0.2) is 41.9 Å². The fourth-order valence-electron chi connectivity index (χ4n) is 2.02. The number of aliphatic hydroxyl groups is 1. The average molecular weight is 250 g/mol. The lowest BCUT2D eigenvalue weighted by Crippen LogP contribution is -2.41. The van der Waals surface area contributed by atoms with Crippen molar-refractivity contribution in [1.29, 1.82) is 0 Å². The normalized spacial score (nSPS) is 18.3. The first-order valence-electron chi connectivity index (χ1n) is 6.07. The van der Waals surface area contributed by atoms with Crippen LogP contribution in [0.3, 0.4) is 0 Å². The van der Waals surface area contributed by atoms with Crippen LogP contribution in [0, 0.1) is 0 Å². The number of ether oxygens (including phenoxy) is 1. The fourth-order valence-corrected chi connectivity index (χ4v) is 2.02. The number of rotatable bonds is 3. The van der Waals surface area contributed by atoms with Crippen molar-refractivity contribution >= 4 is 11.6 Å². The van der Waals surface area contributed by atoms with Crippen molar-refractivity contribution in [3.63, 3.8) is 0 Å². The Morgan fingerprint density at radius 2 is 2.28 bits per heavy atom. The molecule has 0 unspecified atom stereocenters. The van der Waals surface area contributed by atoms with Crippen LogP contribution in [0.4, 0.5) is 5.69 Å². The first-order valence-corrected chi connectivity index (χ1v) is 6.07. The molecule has 1 aliphatic rings. The van der Waals surface area contributed by atoms with Gasteiger partial charge in [0.2, 0.25) is 5.91 Å². The Bertz CT molecular complexity index is 402. The molecule has 1 fully saturated rings. The minimum Gasteiger partial charge on any atom is -0.389 e. The van der Waals surface area contributed by atoms with Gasteiger partial charge in [0.15, 0.2) is 0 Å². The van der Waals surface area contributed by atoms with Crippen LogP contribution in [0.2, 0.25) is 0 Å². The van der Waals surface area contributed by atoms with Gasteiger partial charge in [0.1, 0.15) is 0 Å². The number of anilines is 1. The average Bonchev–Trinajstić information content (AvgIpc) is 2.39. The highest BCUT2D eigenvalue weighted by Crippen LogP contribution is 2.25. The number of amides is 1. The number of hydrogen-bond donors (Lipinski definition) is 1. The Morgan fingerprint density at radius 1 is 1.56 bits per heavy atom. The van der Waals surface area contributed by atoms with Crippen LogP contribution >= 0.6 is 0 Å². The Kier molecular flexibility index (Phi) is 3.93. The van der Waals surface area contributed by atoms with Gasteiger partial charge in [0.25, 0.3) is 0 Å². The summed E-state index contributed by atoms with van der Waals surface area (Å²) in [5.74, 6) is -0.104. The molecule has 1 aromatic heterocycles. The predicted octanol–water partition coefficient (Wildman–Crippen LogP) is 0.976. The molecule has 0 radical (unpaired) electrons. The van der Waals surface area contributed by atoms with Gasteiger partial charge < -0.3 is 14.7 Å². The molecule has 0 saturated carbocycles.